The molecule has 1 unspecified atom stereocenters. The van der Waals surface area contributed by atoms with E-state index in [1.165, 1.54) is 18.5 Å². The molecule has 2 aromatic rings. The fourth-order valence-electron chi connectivity index (χ4n) is 4.64. The number of piperidine rings is 1. The summed E-state index contributed by atoms with van der Waals surface area (Å²) in [7, 11) is 0. The van der Waals surface area contributed by atoms with Crippen molar-refractivity contribution in [2.45, 2.75) is 50.2 Å². The molecule has 29 heavy (non-hydrogen) atoms. The summed E-state index contributed by atoms with van der Waals surface area (Å²) in [6.07, 6.45) is 6.91. The van der Waals surface area contributed by atoms with Crippen molar-refractivity contribution in [2.75, 3.05) is 26.2 Å². The molecule has 2 aromatic carbocycles. The molecule has 4 heteroatoms. The molecule has 1 spiro atoms. The Morgan fingerprint density at radius 1 is 1.00 bits per heavy atom. The molecule has 1 amide bonds. The van der Waals surface area contributed by atoms with Crippen LogP contribution < -0.4 is 5.32 Å². The summed E-state index contributed by atoms with van der Waals surface area (Å²) in [5.74, 6) is -0.0108. The molecule has 2 aliphatic rings. The third-order valence-electron chi connectivity index (χ3n) is 6.41. The van der Waals surface area contributed by atoms with Gasteiger partial charge in [0, 0.05) is 25.2 Å². The van der Waals surface area contributed by atoms with Gasteiger partial charge in [-0.1, -0.05) is 48.5 Å². The molecule has 1 atom stereocenters. The van der Waals surface area contributed by atoms with E-state index >= 15 is 0 Å². The van der Waals surface area contributed by atoms with Crippen LogP contribution in [0.15, 0.2) is 60.7 Å². The third-order valence-corrected chi connectivity index (χ3v) is 6.41. The summed E-state index contributed by atoms with van der Waals surface area (Å²) in [5, 5.41) is 3.04. The number of aryl methyl sites for hydroxylation is 1. The Kier molecular flexibility index (Phi) is 6.63. The number of carbonyl (C=O) groups excluding carboxylic acids is 1. The van der Waals surface area contributed by atoms with Gasteiger partial charge in [0.05, 0.1) is 11.7 Å². The highest BCUT2D eigenvalue weighted by Crippen LogP contribution is 2.38. The molecule has 2 saturated heterocycles. The summed E-state index contributed by atoms with van der Waals surface area (Å²) in [4.78, 5) is 14.8. The van der Waals surface area contributed by atoms with Crippen LogP contribution in [0.5, 0.6) is 0 Å². The van der Waals surface area contributed by atoms with Gasteiger partial charge in [-0.15, -0.1) is 0 Å². The number of amides is 1. The number of benzene rings is 2. The second kappa shape index (κ2) is 9.55. The van der Waals surface area contributed by atoms with Gasteiger partial charge in [-0.05, 0) is 62.8 Å². The number of hydrogen-bond acceptors (Lipinski definition) is 3. The van der Waals surface area contributed by atoms with E-state index in [2.05, 4.69) is 40.5 Å². The SMILES string of the molecule is O=C(NCC1CCC2(CCN(CCCc3ccccc3)CC2)O1)c1ccccc1. The molecule has 0 aromatic heterocycles. The molecule has 0 bridgehead atoms. The predicted octanol–water partition coefficient (Wildman–Crippen LogP) is 4.06. The quantitative estimate of drug-likeness (QED) is 0.772. The van der Waals surface area contributed by atoms with Crippen LogP contribution in [-0.2, 0) is 11.2 Å². The van der Waals surface area contributed by atoms with Gasteiger partial charge in [0.15, 0.2) is 0 Å². The molecular weight excluding hydrogens is 360 g/mol. The normalized spacial score (nSPS) is 21.3. The molecule has 4 rings (SSSR count). The maximum Gasteiger partial charge on any atom is 0.251 e. The number of ether oxygens (including phenoxy) is 1. The van der Waals surface area contributed by atoms with Crippen LogP contribution in [0.2, 0.25) is 0 Å². The van der Waals surface area contributed by atoms with Gasteiger partial charge in [0.25, 0.3) is 5.91 Å². The molecule has 2 heterocycles. The third kappa shape index (κ3) is 5.46. The van der Waals surface area contributed by atoms with Crippen molar-refractivity contribution in [1.29, 1.82) is 0 Å². The molecular formula is C25H32N2O2. The van der Waals surface area contributed by atoms with E-state index in [-0.39, 0.29) is 17.6 Å². The van der Waals surface area contributed by atoms with Crippen molar-refractivity contribution >= 4 is 5.91 Å². The first kappa shape index (κ1) is 20.1. The molecule has 0 saturated carbocycles. The van der Waals surface area contributed by atoms with E-state index in [0.717, 1.165) is 45.2 Å². The van der Waals surface area contributed by atoms with Crippen LogP contribution >= 0.6 is 0 Å². The number of hydrogen-bond donors (Lipinski definition) is 1. The van der Waals surface area contributed by atoms with Crippen LogP contribution in [0, 0.1) is 0 Å². The first-order chi connectivity index (χ1) is 14.2. The first-order valence-corrected chi connectivity index (χ1v) is 11.0. The highest BCUT2D eigenvalue weighted by molar-refractivity contribution is 5.94. The maximum absolute atomic E-state index is 12.2. The Balaban J connectivity index is 1.16. The van der Waals surface area contributed by atoms with Crippen molar-refractivity contribution in [1.82, 2.24) is 10.2 Å². The fourth-order valence-corrected chi connectivity index (χ4v) is 4.64. The molecule has 154 valence electrons. The van der Waals surface area contributed by atoms with E-state index in [1.54, 1.807) is 0 Å². The highest BCUT2D eigenvalue weighted by atomic mass is 16.5. The smallest absolute Gasteiger partial charge is 0.251 e. The van der Waals surface area contributed by atoms with Crippen molar-refractivity contribution in [3.05, 3.63) is 71.8 Å². The number of nitrogens with one attached hydrogen (secondary N) is 1. The van der Waals surface area contributed by atoms with Crippen LogP contribution in [0.3, 0.4) is 0 Å². The monoisotopic (exact) mass is 392 g/mol. The second-order valence-electron chi connectivity index (χ2n) is 8.47. The number of likely N-dealkylation sites (tertiary alicyclic amines) is 1. The van der Waals surface area contributed by atoms with Gasteiger partial charge < -0.3 is 15.0 Å². The Bertz CT molecular complexity index is 770. The van der Waals surface area contributed by atoms with Crippen LogP contribution in [0.25, 0.3) is 0 Å². The summed E-state index contributed by atoms with van der Waals surface area (Å²) >= 11 is 0. The van der Waals surface area contributed by atoms with Gasteiger partial charge in [-0.3, -0.25) is 4.79 Å². The second-order valence-corrected chi connectivity index (χ2v) is 8.47. The lowest BCUT2D eigenvalue weighted by atomic mass is 9.88. The van der Waals surface area contributed by atoms with Crippen molar-refractivity contribution < 1.29 is 9.53 Å². The van der Waals surface area contributed by atoms with Crippen LogP contribution in [0.1, 0.15) is 48.0 Å². The minimum absolute atomic E-state index is 0.0108. The minimum atomic E-state index is -0.0108. The summed E-state index contributed by atoms with van der Waals surface area (Å²) < 4.78 is 6.46. The lowest BCUT2D eigenvalue weighted by Crippen LogP contribution is -2.45. The lowest BCUT2D eigenvalue weighted by molar-refractivity contribution is -0.0754. The maximum atomic E-state index is 12.2. The van der Waals surface area contributed by atoms with E-state index in [1.807, 2.05) is 30.3 Å². The Morgan fingerprint density at radius 3 is 2.41 bits per heavy atom. The number of nitrogens with zero attached hydrogens (tertiary/aromatic N) is 1. The zero-order chi connectivity index (χ0) is 19.9. The standard InChI is InChI=1S/C25H32N2O2/c28-24(22-11-5-2-6-12-22)26-20-23-13-14-25(29-23)15-18-27(19-16-25)17-7-10-21-8-3-1-4-9-21/h1-6,8-9,11-12,23H,7,10,13-20H2,(H,26,28). The van der Waals surface area contributed by atoms with Gasteiger partial charge in [-0.25, -0.2) is 0 Å². The molecule has 2 aliphatic heterocycles. The topological polar surface area (TPSA) is 41.6 Å². The largest absolute Gasteiger partial charge is 0.370 e. The van der Waals surface area contributed by atoms with E-state index in [9.17, 15) is 4.79 Å². The molecule has 0 aliphatic carbocycles. The van der Waals surface area contributed by atoms with E-state index in [4.69, 9.17) is 4.74 Å². The predicted molar refractivity (Wildman–Crippen MR) is 116 cm³/mol. The van der Waals surface area contributed by atoms with Gasteiger partial charge in [-0.2, -0.15) is 0 Å². The fraction of sp³-hybridized carbons (Fsp3) is 0.480. The molecule has 1 N–H and O–H groups in total. The van der Waals surface area contributed by atoms with E-state index in [0.29, 0.717) is 12.1 Å². The summed E-state index contributed by atoms with van der Waals surface area (Å²) in [5.41, 5.74) is 2.18. The molecule has 4 nitrogen and oxygen atoms in total. The Morgan fingerprint density at radius 2 is 1.69 bits per heavy atom. The van der Waals surface area contributed by atoms with Crippen molar-refractivity contribution in [3.63, 3.8) is 0 Å². The van der Waals surface area contributed by atoms with Crippen molar-refractivity contribution in [2.24, 2.45) is 0 Å². The summed E-state index contributed by atoms with van der Waals surface area (Å²) in [6, 6.07) is 20.2. The Hall–Kier alpha value is -2.17. The number of carbonyl (C=O) groups is 1. The zero-order valence-electron chi connectivity index (χ0n) is 17.2. The first-order valence-electron chi connectivity index (χ1n) is 11.0. The average Bonchev–Trinajstić information content (AvgIpc) is 3.17. The van der Waals surface area contributed by atoms with Crippen molar-refractivity contribution in [3.8, 4) is 0 Å². The van der Waals surface area contributed by atoms with E-state index < -0.39 is 0 Å². The number of rotatable bonds is 7. The molecule has 0 radical (unpaired) electrons. The zero-order valence-corrected chi connectivity index (χ0v) is 17.2. The molecule has 2 fully saturated rings. The van der Waals surface area contributed by atoms with Crippen LogP contribution in [-0.4, -0.2) is 48.7 Å². The van der Waals surface area contributed by atoms with Crippen LogP contribution in [0.4, 0.5) is 0 Å². The summed E-state index contributed by atoms with van der Waals surface area (Å²) in [6.45, 7) is 4.02. The minimum Gasteiger partial charge on any atom is -0.370 e. The van der Waals surface area contributed by atoms with Gasteiger partial charge in [0.2, 0.25) is 0 Å². The average molecular weight is 393 g/mol. The lowest BCUT2D eigenvalue weighted by Gasteiger charge is -2.39. The Labute approximate surface area is 174 Å². The van der Waals surface area contributed by atoms with Gasteiger partial charge in [0.1, 0.15) is 0 Å². The van der Waals surface area contributed by atoms with Gasteiger partial charge >= 0.3 is 0 Å². The highest BCUT2D eigenvalue weighted by Gasteiger charge is 2.42.